The monoisotopic (exact) mass is 291 g/mol. The summed E-state index contributed by atoms with van der Waals surface area (Å²) in [6.45, 7) is 4.98. The van der Waals surface area contributed by atoms with Gasteiger partial charge in [0.05, 0.1) is 23.4 Å². The third-order valence-corrected chi connectivity index (χ3v) is 4.65. The van der Waals surface area contributed by atoms with E-state index >= 15 is 0 Å². The molecule has 0 spiro atoms. The van der Waals surface area contributed by atoms with Gasteiger partial charge in [0.1, 0.15) is 0 Å². The molecule has 2 amide bonds. The quantitative estimate of drug-likeness (QED) is 0.705. The number of aromatic nitrogens is 2. The van der Waals surface area contributed by atoms with Crippen LogP contribution in [-0.2, 0) is 10.2 Å². The summed E-state index contributed by atoms with van der Waals surface area (Å²) in [4.78, 5) is 25.9. The van der Waals surface area contributed by atoms with Gasteiger partial charge in [0, 0.05) is 31.6 Å². The van der Waals surface area contributed by atoms with Gasteiger partial charge in [0.15, 0.2) is 0 Å². The van der Waals surface area contributed by atoms with E-state index in [1.54, 1.807) is 0 Å². The number of aromatic amines is 1. The zero-order valence-corrected chi connectivity index (χ0v) is 12.2. The molecule has 3 heterocycles. The molecule has 114 valence electrons. The van der Waals surface area contributed by atoms with Crippen LogP contribution < -0.4 is 11.1 Å². The Morgan fingerprint density at radius 1 is 1.48 bits per heavy atom. The minimum Gasteiger partial charge on any atom is -0.365 e. The molecule has 2 fully saturated rings. The highest BCUT2D eigenvalue weighted by molar-refractivity contribution is 5.94. The summed E-state index contributed by atoms with van der Waals surface area (Å²) in [6, 6.07) is 0. The molecule has 1 aromatic rings. The number of carbonyl (C=O) groups excluding carboxylic acids is 2. The standard InChI is InChI=1S/C14H21N5O2/c1-14(11-10(12(15)20)7-17-18-11)3-2-4-19(8-14)13(21)9-5-16-6-9/h7,9,16H,2-6,8H2,1H3,(H2,15,20)(H,17,18). The van der Waals surface area contributed by atoms with Gasteiger partial charge in [-0.25, -0.2) is 0 Å². The van der Waals surface area contributed by atoms with Crippen molar-refractivity contribution < 1.29 is 9.59 Å². The number of rotatable bonds is 3. The van der Waals surface area contributed by atoms with Crippen LogP contribution in [0.15, 0.2) is 6.20 Å². The second kappa shape index (κ2) is 5.14. The number of amides is 2. The maximum absolute atomic E-state index is 12.4. The Labute approximate surface area is 123 Å². The van der Waals surface area contributed by atoms with E-state index in [0.717, 1.165) is 38.2 Å². The SMILES string of the molecule is CC1(c2[nH]ncc2C(N)=O)CCCN(C(=O)C2CNC2)C1. The Morgan fingerprint density at radius 3 is 2.86 bits per heavy atom. The van der Waals surface area contributed by atoms with Gasteiger partial charge in [-0.1, -0.05) is 6.92 Å². The van der Waals surface area contributed by atoms with Gasteiger partial charge in [-0.3, -0.25) is 14.7 Å². The molecule has 2 aliphatic heterocycles. The maximum atomic E-state index is 12.4. The number of carbonyl (C=O) groups is 2. The first-order valence-electron chi connectivity index (χ1n) is 7.34. The number of H-pyrrole nitrogens is 1. The topological polar surface area (TPSA) is 104 Å². The van der Waals surface area contributed by atoms with Crippen LogP contribution in [-0.4, -0.2) is 53.1 Å². The molecule has 7 nitrogen and oxygen atoms in total. The van der Waals surface area contributed by atoms with Crippen molar-refractivity contribution in [1.82, 2.24) is 20.4 Å². The van der Waals surface area contributed by atoms with Crippen molar-refractivity contribution in [3.8, 4) is 0 Å². The van der Waals surface area contributed by atoms with Gasteiger partial charge in [0.2, 0.25) is 5.91 Å². The molecule has 0 bridgehead atoms. The number of nitrogens with two attached hydrogens (primary N) is 1. The third-order valence-electron chi connectivity index (χ3n) is 4.65. The normalized spacial score (nSPS) is 26.4. The van der Waals surface area contributed by atoms with E-state index in [0.29, 0.717) is 12.1 Å². The molecule has 21 heavy (non-hydrogen) atoms. The summed E-state index contributed by atoms with van der Waals surface area (Å²) >= 11 is 0. The molecule has 3 rings (SSSR count). The number of hydrogen-bond acceptors (Lipinski definition) is 4. The minimum absolute atomic E-state index is 0.102. The van der Waals surface area contributed by atoms with Crippen LogP contribution in [0.25, 0.3) is 0 Å². The largest absolute Gasteiger partial charge is 0.365 e. The van der Waals surface area contributed by atoms with Gasteiger partial charge in [-0.2, -0.15) is 5.10 Å². The smallest absolute Gasteiger partial charge is 0.252 e. The van der Waals surface area contributed by atoms with Gasteiger partial charge < -0.3 is 16.0 Å². The first kappa shape index (κ1) is 14.1. The lowest BCUT2D eigenvalue weighted by atomic mass is 9.77. The molecule has 4 N–H and O–H groups in total. The first-order valence-corrected chi connectivity index (χ1v) is 7.34. The Kier molecular flexibility index (Phi) is 3.44. The summed E-state index contributed by atoms with van der Waals surface area (Å²) in [5, 5.41) is 10.00. The third kappa shape index (κ3) is 2.42. The summed E-state index contributed by atoms with van der Waals surface area (Å²) in [6.07, 6.45) is 3.29. The number of hydrogen-bond donors (Lipinski definition) is 3. The molecule has 0 saturated carbocycles. The van der Waals surface area contributed by atoms with Crippen LogP contribution in [0.2, 0.25) is 0 Å². The average molecular weight is 291 g/mol. The number of nitrogens with one attached hydrogen (secondary N) is 2. The highest BCUT2D eigenvalue weighted by atomic mass is 16.2. The average Bonchev–Trinajstić information content (AvgIpc) is 2.86. The predicted molar refractivity (Wildman–Crippen MR) is 76.6 cm³/mol. The molecule has 0 aromatic carbocycles. The molecule has 1 aromatic heterocycles. The van der Waals surface area contributed by atoms with Crippen molar-refractivity contribution in [3.63, 3.8) is 0 Å². The lowest BCUT2D eigenvalue weighted by molar-refractivity contribution is -0.139. The van der Waals surface area contributed by atoms with Gasteiger partial charge >= 0.3 is 0 Å². The fraction of sp³-hybridized carbons (Fsp3) is 0.643. The zero-order chi connectivity index (χ0) is 15.0. The minimum atomic E-state index is -0.480. The fourth-order valence-corrected chi connectivity index (χ4v) is 3.29. The maximum Gasteiger partial charge on any atom is 0.252 e. The van der Waals surface area contributed by atoms with Crippen LogP contribution in [0, 0.1) is 5.92 Å². The van der Waals surface area contributed by atoms with Gasteiger partial charge in [-0.05, 0) is 12.8 Å². The molecule has 0 aliphatic carbocycles. The molecule has 1 atom stereocenters. The summed E-state index contributed by atoms with van der Waals surface area (Å²) in [7, 11) is 0. The van der Waals surface area contributed by atoms with E-state index in [-0.39, 0.29) is 17.2 Å². The summed E-state index contributed by atoms with van der Waals surface area (Å²) in [5.41, 5.74) is 6.29. The number of piperidine rings is 1. The van der Waals surface area contributed by atoms with E-state index in [9.17, 15) is 9.59 Å². The van der Waals surface area contributed by atoms with Crippen molar-refractivity contribution >= 4 is 11.8 Å². The van der Waals surface area contributed by atoms with E-state index < -0.39 is 5.91 Å². The highest BCUT2D eigenvalue weighted by Gasteiger charge is 2.40. The van der Waals surface area contributed by atoms with Gasteiger partial charge in [0.25, 0.3) is 5.91 Å². The van der Waals surface area contributed by atoms with Crippen LogP contribution in [0.3, 0.4) is 0 Å². The van der Waals surface area contributed by atoms with Crippen molar-refractivity contribution in [1.29, 1.82) is 0 Å². The lowest BCUT2D eigenvalue weighted by Gasteiger charge is -2.42. The van der Waals surface area contributed by atoms with Crippen molar-refractivity contribution in [2.45, 2.75) is 25.2 Å². The number of likely N-dealkylation sites (tertiary alicyclic amines) is 1. The van der Waals surface area contributed by atoms with E-state index in [1.165, 1.54) is 6.20 Å². The Bertz CT molecular complexity index is 565. The molecule has 1 unspecified atom stereocenters. The number of nitrogens with zero attached hydrogens (tertiary/aromatic N) is 2. The Hall–Kier alpha value is -1.89. The van der Waals surface area contributed by atoms with E-state index in [2.05, 4.69) is 22.4 Å². The van der Waals surface area contributed by atoms with E-state index in [4.69, 9.17) is 5.73 Å². The molecule has 2 aliphatic rings. The Morgan fingerprint density at radius 2 is 2.24 bits per heavy atom. The van der Waals surface area contributed by atoms with Crippen LogP contribution in [0.4, 0.5) is 0 Å². The predicted octanol–water partition coefficient (Wildman–Crippen LogP) is -0.392. The summed E-state index contributed by atoms with van der Waals surface area (Å²) in [5.74, 6) is -0.170. The number of primary amides is 1. The van der Waals surface area contributed by atoms with Crippen LogP contribution in [0.1, 0.15) is 35.8 Å². The molecular formula is C14H21N5O2. The highest BCUT2D eigenvalue weighted by Crippen LogP contribution is 2.34. The zero-order valence-electron chi connectivity index (χ0n) is 12.2. The fourth-order valence-electron chi connectivity index (χ4n) is 3.29. The second-order valence-corrected chi connectivity index (χ2v) is 6.30. The Balaban J connectivity index is 1.81. The van der Waals surface area contributed by atoms with E-state index in [1.807, 2.05) is 4.90 Å². The van der Waals surface area contributed by atoms with Crippen LogP contribution >= 0.6 is 0 Å². The second-order valence-electron chi connectivity index (χ2n) is 6.30. The molecular weight excluding hydrogens is 270 g/mol. The van der Waals surface area contributed by atoms with Crippen molar-refractivity contribution in [3.05, 3.63) is 17.5 Å². The molecule has 2 saturated heterocycles. The molecule has 7 heteroatoms. The van der Waals surface area contributed by atoms with Crippen molar-refractivity contribution in [2.24, 2.45) is 11.7 Å². The lowest BCUT2D eigenvalue weighted by Crippen LogP contribution is -2.56. The first-order chi connectivity index (χ1) is 10.0. The molecule has 0 radical (unpaired) electrons. The van der Waals surface area contributed by atoms with Gasteiger partial charge in [-0.15, -0.1) is 0 Å². The van der Waals surface area contributed by atoms with Crippen molar-refractivity contribution in [2.75, 3.05) is 26.2 Å². The summed E-state index contributed by atoms with van der Waals surface area (Å²) < 4.78 is 0. The van der Waals surface area contributed by atoms with Crippen LogP contribution in [0.5, 0.6) is 0 Å².